The fraction of sp³-hybridized carbons (Fsp3) is 0.375. The second-order valence-corrected chi connectivity index (χ2v) is 6.99. The van der Waals surface area contributed by atoms with Crippen molar-refractivity contribution >= 4 is 21.2 Å². The molecule has 6 nitrogen and oxygen atoms in total. The van der Waals surface area contributed by atoms with Crippen molar-refractivity contribution in [3.05, 3.63) is 48.0 Å². The molecule has 1 rings (SSSR count). The molecule has 23 heavy (non-hydrogen) atoms. The highest BCUT2D eigenvalue weighted by Gasteiger charge is 2.19. The van der Waals surface area contributed by atoms with Crippen molar-refractivity contribution in [3.63, 3.8) is 0 Å². The quantitative estimate of drug-likeness (QED) is 0.282. The van der Waals surface area contributed by atoms with Gasteiger partial charge in [-0.1, -0.05) is 24.8 Å². The van der Waals surface area contributed by atoms with E-state index in [9.17, 15) is 9.59 Å². The smallest absolute Gasteiger partial charge is 0.339 e. The first-order valence-electron chi connectivity index (χ1n) is 7.23. The summed E-state index contributed by atoms with van der Waals surface area (Å²) in [5.41, 5.74) is 0.370. The van der Waals surface area contributed by atoms with Gasteiger partial charge in [0, 0.05) is 14.2 Å². The molecule has 0 saturated carbocycles. The lowest BCUT2D eigenvalue weighted by atomic mass is 10.1. The zero-order valence-corrected chi connectivity index (χ0v) is 14.6. The molecular formula is C16H22O6Si. The van der Waals surface area contributed by atoms with E-state index in [2.05, 4.69) is 6.58 Å². The van der Waals surface area contributed by atoms with Gasteiger partial charge in [-0.3, -0.25) is 0 Å². The molecule has 0 aliphatic rings. The first-order chi connectivity index (χ1) is 11.1. The van der Waals surface area contributed by atoms with Gasteiger partial charge in [-0.05, 0) is 24.6 Å². The topological polar surface area (TPSA) is 71.1 Å². The van der Waals surface area contributed by atoms with Crippen LogP contribution in [0.1, 0.15) is 27.1 Å². The molecule has 0 heterocycles. The van der Waals surface area contributed by atoms with Crippen LogP contribution in [0, 0.1) is 0 Å². The Morgan fingerprint density at radius 2 is 1.65 bits per heavy atom. The molecule has 7 heteroatoms. The molecule has 0 aliphatic heterocycles. The number of hydrogen-bond acceptors (Lipinski definition) is 6. The second-order valence-electron chi connectivity index (χ2n) is 4.61. The summed E-state index contributed by atoms with van der Waals surface area (Å²) in [6.45, 7) is 3.80. The lowest BCUT2D eigenvalue weighted by molar-refractivity contribution is 0.0474. The van der Waals surface area contributed by atoms with E-state index in [-0.39, 0.29) is 24.3 Å². The molecule has 0 N–H and O–H groups in total. The van der Waals surface area contributed by atoms with Crippen molar-refractivity contribution in [3.8, 4) is 0 Å². The van der Waals surface area contributed by atoms with Gasteiger partial charge in [0.1, 0.15) is 6.61 Å². The molecule has 1 aromatic carbocycles. The highest BCUT2D eigenvalue weighted by molar-refractivity contribution is 6.44. The monoisotopic (exact) mass is 338 g/mol. The van der Waals surface area contributed by atoms with Crippen LogP contribution in [-0.2, 0) is 18.3 Å². The zero-order valence-electron chi connectivity index (χ0n) is 13.4. The molecule has 126 valence electrons. The average molecular weight is 338 g/mol. The number of hydrogen-bond donors (Lipinski definition) is 0. The molecule has 0 unspecified atom stereocenters. The zero-order chi connectivity index (χ0) is 17.1. The third kappa shape index (κ3) is 6.35. The molecule has 1 aromatic rings. The van der Waals surface area contributed by atoms with Crippen molar-refractivity contribution < 1.29 is 27.9 Å². The highest BCUT2D eigenvalue weighted by atomic mass is 28.3. The van der Waals surface area contributed by atoms with Crippen LogP contribution in [0.5, 0.6) is 0 Å². The van der Waals surface area contributed by atoms with Gasteiger partial charge < -0.3 is 18.3 Å². The van der Waals surface area contributed by atoms with Crippen LogP contribution < -0.4 is 0 Å². The summed E-state index contributed by atoms with van der Waals surface area (Å²) < 4.78 is 20.5. The van der Waals surface area contributed by atoms with E-state index in [4.69, 9.17) is 18.3 Å². The first kappa shape index (κ1) is 19.1. The van der Waals surface area contributed by atoms with Crippen LogP contribution in [0.25, 0.3) is 0 Å². The van der Waals surface area contributed by atoms with Crippen LogP contribution in [-0.4, -0.2) is 48.7 Å². The van der Waals surface area contributed by atoms with Gasteiger partial charge in [0.2, 0.25) is 0 Å². The number of carbonyl (C=O) groups is 2. The predicted octanol–water partition coefficient (Wildman–Crippen LogP) is 2.09. The summed E-state index contributed by atoms with van der Waals surface area (Å²) in [6, 6.07) is 7.13. The summed E-state index contributed by atoms with van der Waals surface area (Å²) >= 11 is 0. The number of ether oxygens (including phenoxy) is 2. The number of benzene rings is 1. The minimum atomic E-state index is -1.64. The van der Waals surface area contributed by atoms with Crippen molar-refractivity contribution in [2.45, 2.75) is 12.5 Å². The van der Waals surface area contributed by atoms with Crippen molar-refractivity contribution in [2.24, 2.45) is 0 Å². The molecule has 0 amide bonds. The minimum Gasteiger partial charge on any atom is -0.462 e. The molecule has 0 saturated heterocycles. The number of esters is 2. The predicted molar refractivity (Wildman–Crippen MR) is 87.8 cm³/mol. The SMILES string of the molecule is C=CCOC(=O)c1ccccc1C(=O)OCCC[SiH](OC)OC. The largest absolute Gasteiger partial charge is 0.462 e. The third-order valence-corrected chi connectivity index (χ3v) is 4.97. The molecule has 0 radical (unpaired) electrons. The second kappa shape index (κ2) is 10.7. The molecule has 0 fully saturated rings. The maximum Gasteiger partial charge on any atom is 0.339 e. The summed E-state index contributed by atoms with van der Waals surface area (Å²) in [5.74, 6) is -1.13. The lowest BCUT2D eigenvalue weighted by Crippen LogP contribution is -2.20. The van der Waals surface area contributed by atoms with E-state index < -0.39 is 21.2 Å². The van der Waals surface area contributed by atoms with Gasteiger partial charge in [0.25, 0.3) is 0 Å². The Labute approximate surface area is 137 Å². The minimum absolute atomic E-state index is 0.0856. The van der Waals surface area contributed by atoms with Gasteiger partial charge in [-0.25, -0.2) is 9.59 Å². The summed E-state index contributed by atoms with van der Waals surface area (Å²) in [5, 5.41) is 0. The number of carbonyl (C=O) groups excluding carboxylic acids is 2. The van der Waals surface area contributed by atoms with Crippen LogP contribution in [0.3, 0.4) is 0 Å². The number of rotatable bonds is 10. The van der Waals surface area contributed by atoms with Crippen LogP contribution in [0.2, 0.25) is 6.04 Å². The molecule has 0 aromatic heterocycles. The molecule has 0 atom stereocenters. The molecular weight excluding hydrogens is 316 g/mol. The Hall–Kier alpha value is -1.96. The highest BCUT2D eigenvalue weighted by Crippen LogP contribution is 2.12. The van der Waals surface area contributed by atoms with Gasteiger partial charge in [-0.2, -0.15) is 0 Å². The van der Waals surface area contributed by atoms with Gasteiger partial charge in [0.05, 0.1) is 17.7 Å². The van der Waals surface area contributed by atoms with E-state index in [0.717, 1.165) is 6.04 Å². The van der Waals surface area contributed by atoms with E-state index in [1.807, 2.05) is 0 Å². The fourth-order valence-electron chi connectivity index (χ4n) is 1.88. The average Bonchev–Trinajstić information content (AvgIpc) is 2.59. The maximum atomic E-state index is 12.1. The van der Waals surface area contributed by atoms with E-state index in [1.54, 1.807) is 26.4 Å². The van der Waals surface area contributed by atoms with Gasteiger partial charge >= 0.3 is 21.2 Å². The van der Waals surface area contributed by atoms with Crippen LogP contribution in [0.15, 0.2) is 36.9 Å². The Kier molecular flexibility index (Phi) is 8.89. The van der Waals surface area contributed by atoms with Crippen LogP contribution >= 0.6 is 0 Å². The normalized spacial score (nSPS) is 10.4. The Morgan fingerprint density at radius 1 is 1.09 bits per heavy atom. The van der Waals surface area contributed by atoms with Crippen molar-refractivity contribution in [1.82, 2.24) is 0 Å². The fourth-order valence-corrected chi connectivity index (χ4v) is 3.04. The van der Waals surface area contributed by atoms with E-state index in [0.29, 0.717) is 6.42 Å². The standard InChI is InChI=1S/C16H22O6Si/c1-4-10-21-15(17)13-8-5-6-9-14(13)16(18)22-11-7-12-23(19-2)20-3/h4-6,8-9,23H,1,7,10-12H2,2-3H3. The van der Waals surface area contributed by atoms with Crippen molar-refractivity contribution in [1.29, 1.82) is 0 Å². The Bertz CT molecular complexity index is 527. The Morgan fingerprint density at radius 3 is 2.17 bits per heavy atom. The van der Waals surface area contributed by atoms with Gasteiger partial charge in [-0.15, -0.1) is 0 Å². The lowest BCUT2D eigenvalue weighted by Gasteiger charge is -2.11. The summed E-state index contributed by atoms with van der Waals surface area (Å²) in [7, 11) is 1.57. The van der Waals surface area contributed by atoms with E-state index >= 15 is 0 Å². The summed E-state index contributed by atoms with van der Waals surface area (Å²) in [4.78, 5) is 24.0. The first-order valence-corrected chi connectivity index (χ1v) is 8.99. The Balaban J connectivity index is 2.59. The maximum absolute atomic E-state index is 12.1. The molecule has 0 spiro atoms. The third-order valence-electron chi connectivity index (χ3n) is 3.04. The van der Waals surface area contributed by atoms with Gasteiger partial charge in [0.15, 0.2) is 0 Å². The van der Waals surface area contributed by atoms with Crippen LogP contribution in [0.4, 0.5) is 0 Å². The van der Waals surface area contributed by atoms with Crippen molar-refractivity contribution in [2.75, 3.05) is 27.4 Å². The summed E-state index contributed by atoms with van der Waals surface area (Å²) in [6.07, 6.45) is 2.11. The molecule has 0 bridgehead atoms. The van der Waals surface area contributed by atoms with E-state index in [1.165, 1.54) is 18.2 Å². The molecule has 0 aliphatic carbocycles.